The zero-order chi connectivity index (χ0) is 12.3. The molecule has 88 valence electrons. The van der Waals surface area contributed by atoms with Crippen molar-refractivity contribution in [2.45, 2.75) is 19.1 Å². The molecule has 0 atom stereocenters. The highest BCUT2D eigenvalue weighted by atomic mass is 32.2. The van der Waals surface area contributed by atoms with Gasteiger partial charge in [0.15, 0.2) is 14.0 Å². The Balaban J connectivity index is 2.28. The van der Waals surface area contributed by atoms with Crippen LogP contribution in [0.15, 0.2) is 44.4 Å². The van der Waals surface area contributed by atoms with E-state index >= 15 is 0 Å². The summed E-state index contributed by atoms with van der Waals surface area (Å²) in [6.07, 6.45) is 0.506. The van der Waals surface area contributed by atoms with Crippen LogP contribution in [0.1, 0.15) is 13.8 Å². The molecule has 2 aromatic rings. The number of oxazole rings is 1. The predicted octanol–water partition coefficient (Wildman–Crippen LogP) is 4.51. The van der Waals surface area contributed by atoms with Gasteiger partial charge < -0.3 is 4.42 Å². The number of benzene rings is 1. The molecule has 1 heterocycles. The highest BCUT2D eigenvalue weighted by Crippen LogP contribution is 2.32. The van der Waals surface area contributed by atoms with Crippen LogP contribution in [0.3, 0.4) is 0 Å². The summed E-state index contributed by atoms with van der Waals surface area (Å²) < 4.78 is 16.3. The lowest BCUT2D eigenvalue weighted by Crippen LogP contribution is -1.83. The van der Waals surface area contributed by atoms with E-state index in [0.29, 0.717) is 11.4 Å². The summed E-state index contributed by atoms with van der Waals surface area (Å²) in [5.74, 6) is 0. The van der Waals surface area contributed by atoms with Crippen molar-refractivity contribution in [3.8, 4) is 0 Å². The Hall–Kier alpha value is -1.12. The first-order valence-electron chi connectivity index (χ1n) is 5.19. The second-order valence-electron chi connectivity index (χ2n) is 3.76. The monoisotopic (exact) mass is 265 g/mol. The third kappa shape index (κ3) is 2.96. The van der Waals surface area contributed by atoms with E-state index in [1.165, 1.54) is 11.8 Å². The van der Waals surface area contributed by atoms with Crippen molar-refractivity contribution in [3.63, 3.8) is 0 Å². The molecule has 5 heteroatoms. The standard InChI is InChI=1S/C12H12NO2PS/c1-8(2)11(7-16-14)17-12-13-9-5-3-4-6-10(9)15-12/h3-6H,7H2,1-2H3. The Morgan fingerprint density at radius 2 is 2.18 bits per heavy atom. The third-order valence-electron chi connectivity index (χ3n) is 2.25. The second-order valence-corrected chi connectivity index (χ2v) is 5.38. The number of allylic oxidation sites excluding steroid dienone is 2. The largest absolute Gasteiger partial charge is 0.431 e. The number of hydrogen-bond donors (Lipinski definition) is 0. The summed E-state index contributed by atoms with van der Waals surface area (Å²) in [5.41, 5.74) is 2.77. The topological polar surface area (TPSA) is 43.1 Å². The fourth-order valence-corrected chi connectivity index (χ4v) is 2.89. The summed E-state index contributed by atoms with van der Waals surface area (Å²) in [7, 11) is 0.120. The molecule has 1 aromatic carbocycles. The van der Waals surface area contributed by atoms with Crippen LogP contribution in [-0.4, -0.2) is 11.1 Å². The van der Waals surface area contributed by atoms with Crippen molar-refractivity contribution in [2.24, 2.45) is 0 Å². The molecule has 0 amide bonds. The molecule has 0 aliphatic heterocycles. The van der Waals surface area contributed by atoms with Gasteiger partial charge in [-0.3, -0.25) is 4.57 Å². The van der Waals surface area contributed by atoms with Crippen LogP contribution in [-0.2, 0) is 4.57 Å². The van der Waals surface area contributed by atoms with Crippen LogP contribution in [0.2, 0.25) is 0 Å². The number of para-hydroxylation sites is 2. The molecule has 0 aliphatic rings. The minimum absolute atomic E-state index is 0.120. The molecule has 17 heavy (non-hydrogen) atoms. The lowest BCUT2D eigenvalue weighted by molar-refractivity contribution is 0.490. The number of hydrogen-bond acceptors (Lipinski definition) is 4. The predicted molar refractivity (Wildman–Crippen MR) is 70.7 cm³/mol. The van der Waals surface area contributed by atoms with Gasteiger partial charge in [-0.2, -0.15) is 0 Å². The Bertz CT molecular complexity index is 540. The maximum Gasteiger partial charge on any atom is 0.261 e. The van der Waals surface area contributed by atoms with Gasteiger partial charge >= 0.3 is 0 Å². The van der Waals surface area contributed by atoms with E-state index in [2.05, 4.69) is 4.98 Å². The maximum absolute atomic E-state index is 10.7. The number of nitrogens with zero attached hydrogens (tertiary/aromatic N) is 1. The molecule has 0 bridgehead atoms. The Morgan fingerprint density at radius 3 is 2.82 bits per heavy atom. The van der Waals surface area contributed by atoms with Crippen molar-refractivity contribution < 1.29 is 8.98 Å². The number of rotatable bonds is 4. The molecular formula is C12H12NO2PS. The van der Waals surface area contributed by atoms with Crippen molar-refractivity contribution in [2.75, 3.05) is 6.16 Å². The van der Waals surface area contributed by atoms with Crippen molar-refractivity contribution >= 4 is 31.3 Å². The average molecular weight is 265 g/mol. The highest BCUT2D eigenvalue weighted by molar-refractivity contribution is 8.03. The quantitative estimate of drug-likeness (QED) is 0.602. The van der Waals surface area contributed by atoms with Gasteiger partial charge in [0.2, 0.25) is 0 Å². The Labute approximate surface area is 106 Å². The molecule has 0 N–H and O–H groups in total. The van der Waals surface area contributed by atoms with Gasteiger partial charge in [0.25, 0.3) is 5.22 Å². The zero-order valence-corrected chi connectivity index (χ0v) is 11.3. The van der Waals surface area contributed by atoms with E-state index in [1.54, 1.807) is 0 Å². The fraction of sp³-hybridized carbons (Fsp3) is 0.250. The Kier molecular flexibility index (Phi) is 3.97. The molecule has 3 nitrogen and oxygen atoms in total. The van der Waals surface area contributed by atoms with Gasteiger partial charge in [0.1, 0.15) is 5.52 Å². The van der Waals surface area contributed by atoms with Crippen LogP contribution in [0.5, 0.6) is 0 Å². The molecule has 0 saturated carbocycles. The molecule has 0 saturated heterocycles. The van der Waals surface area contributed by atoms with Crippen LogP contribution in [0.4, 0.5) is 0 Å². The maximum atomic E-state index is 10.7. The van der Waals surface area contributed by atoms with Gasteiger partial charge in [-0.05, 0) is 37.7 Å². The first-order chi connectivity index (χ1) is 8.20. The summed E-state index contributed by atoms with van der Waals surface area (Å²) in [5, 5.41) is 0.603. The van der Waals surface area contributed by atoms with E-state index in [1.807, 2.05) is 38.1 Å². The lowest BCUT2D eigenvalue weighted by Gasteiger charge is -2.01. The number of aromatic nitrogens is 1. The molecular weight excluding hydrogens is 253 g/mol. The number of thioether (sulfide) groups is 1. The van der Waals surface area contributed by atoms with Gasteiger partial charge in [0, 0.05) is 4.91 Å². The first-order valence-corrected chi connectivity index (χ1v) is 7.01. The third-order valence-corrected chi connectivity index (χ3v) is 4.06. The summed E-state index contributed by atoms with van der Waals surface area (Å²) in [6.45, 7) is 3.99. The zero-order valence-electron chi connectivity index (χ0n) is 9.64. The number of fused-ring (bicyclic) bond motifs is 1. The Morgan fingerprint density at radius 1 is 1.41 bits per heavy atom. The van der Waals surface area contributed by atoms with Crippen LogP contribution >= 0.6 is 20.2 Å². The lowest BCUT2D eigenvalue weighted by atomic mass is 10.3. The molecule has 0 aliphatic carbocycles. The minimum Gasteiger partial charge on any atom is -0.431 e. The minimum atomic E-state index is 0.120. The molecule has 0 fully saturated rings. The van der Waals surface area contributed by atoms with E-state index in [4.69, 9.17) is 4.42 Å². The summed E-state index contributed by atoms with van der Waals surface area (Å²) in [4.78, 5) is 5.41. The van der Waals surface area contributed by atoms with E-state index in [-0.39, 0.29) is 8.46 Å². The van der Waals surface area contributed by atoms with Crippen molar-refractivity contribution in [1.29, 1.82) is 0 Å². The SMILES string of the molecule is CC(C)=C(CP=O)Sc1nc2ccccc2o1. The van der Waals surface area contributed by atoms with E-state index < -0.39 is 0 Å². The van der Waals surface area contributed by atoms with Gasteiger partial charge in [0.05, 0.1) is 6.16 Å². The highest BCUT2D eigenvalue weighted by Gasteiger charge is 2.09. The van der Waals surface area contributed by atoms with Crippen molar-refractivity contribution in [1.82, 2.24) is 4.98 Å². The summed E-state index contributed by atoms with van der Waals surface area (Å²) >= 11 is 1.44. The summed E-state index contributed by atoms with van der Waals surface area (Å²) in [6, 6.07) is 7.65. The van der Waals surface area contributed by atoms with Crippen LogP contribution in [0, 0.1) is 0 Å². The van der Waals surface area contributed by atoms with Gasteiger partial charge in [-0.15, -0.1) is 0 Å². The van der Waals surface area contributed by atoms with E-state index in [9.17, 15) is 4.57 Å². The molecule has 0 radical (unpaired) electrons. The average Bonchev–Trinajstić information content (AvgIpc) is 2.70. The molecule has 0 unspecified atom stereocenters. The van der Waals surface area contributed by atoms with Crippen LogP contribution < -0.4 is 0 Å². The second kappa shape index (κ2) is 5.48. The van der Waals surface area contributed by atoms with Crippen LogP contribution in [0.25, 0.3) is 11.1 Å². The molecule has 2 rings (SSSR count). The smallest absolute Gasteiger partial charge is 0.261 e. The van der Waals surface area contributed by atoms with E-state index in [0.717, 1.165) is 21.6 Å². The normalized spacial score (nSPS) is 10.9. The first kappa shape index (κ1) is 12.3. The molecule has 1 aromatic heterocycles. The fourth-order valence-electron chi connectivity index (χ4n) is 1.35. The molecule has 0 spiro atoms. The van der Waals surface area contributed by atoms with Gasteiger partial charge in [-0.25, -0.2) is 4.98 Å². The van der Waals surface area contributed by atoms with Crippen molar-refractivity contribution in [3.05, 3.63) is 34.7 Å². The van der Waals surface area contributed by atoms with Gasteiger partial charge in [-0.1, -0.05) is 17.7 Å².